The highest BCUT2D eigenvalue weighted by Crippen LogP contribution is 1.67. The van der Waals surface area contributed by atoms with Crippen LogP contribution in [0.5, 0.6) is 0 Å². The molecule has 0 saturated carbocycles. The highest BCUT2D eigenvalue weighted by atomic mass is 35.7. The highest BCUT2D eigenvalue weighted by Gasteiger charge is 1.46. The SMILES string of the molecule is Cl[SiH2]Cl.F.F. The van der Waals surface area contributed by atoms with Gasteiger partial charge in [0, 0.05) is 0 Å². The average molecular weight is 141 g/mol. The van der Waals surface area contributed by atoms with Gasteiger partial charge in [-0.05, 0) is 0 Å². The minimum Gasteiger partial charge on any atom is -0.269 e. The zero-order valence-corrected chi connectivity index (χ0v) is 5.21. The van der Waals surface area contributed by atoms with Crippen molar-refractivity contribution in [2.75, 3.05) is 0 Å². The average Bonchev–Trinajstić information content (AvgIpc) is 0.918. The summed E-state index contributed by atoms with van der Waals surface area (Å²) in [5.41, 5.74) is 0. The van der Waals surface area contributed by atoms with Gasteiger partial charge in [0.1, 0.15) is 0 Å². The molecular formula is H4Cl2F2Si. The summed E-state index contributed by atoms with van der Waals surface area (Å²) >= 11 is 9.81. The first-order valence-electron chi connectivity index (χ1n) is 0.535. The first-order valence-corrected chi connectivity index (χ1v) is 4.81. The molecule has 0 N–H and O–H groups in total. The van der Waals surface area contributed by atoms with E-state index in [1.54, 1.807) is 0 Å². The summed E-state index contributed by atoms with van der Waals surface area (Å²) in [5, 5.41) is 0. The van der Waals surface area contributed by atoms with Crippen molar-refractivity contribution >= 4 is 30.3 Å². The van der Waals surface area contributed by atoms with E-state index < -0.39 is 8.14 Å². The molecule has 0 bridgehead atoms. The smallest absolute Gasteiger partial charge is 0.222 e. The van der Waals surface area contributed by atoms with Crippen LogP contribution in [-0.4, -0.2) is 8.14 Å². The number of hydrogen-bond acceptors (Lipinski definition) is 0. The predicted molar refractivity (Wildman–Crippen MR) is 25.3 cm³/mol. The minimum atomic E-state index is -0.639. The van der Waals surface area contributed by atoms with Crippen LogP contribution in [-0.2, 0) is 0 Å². The second-order valence-electron chi connectivity index (χ2n) is 0.101. The van der Waals surface area contributed by atoms with Crippen molar-refractivity contribution in [1.29, 1.82) is 0 Å². The van der Waals surface area contributed by atoms with E-state index in [2.05, 4.69) is 0 Å². The lowest BCUT2D eigenvalue weighted by molar-refractivity contribution is 1.11. The van der Waals surface area contributed by atoms with E-state index in [1.807, 2.05) is 0 Å². The summed E-state index contributed by atoms with van der Waals surface area (Å²) in [6.07, 6.45) is 0. The second-order valence-corrected chi connectivity index (χ2v) is 2.73. The van der Waals surface area contributed by atoms with Crippen molar-refractivity contribution in [3.8, 4) is 0 Å². The predicted octanol–water partition coefficient (Wildman–Crippen LogP) is 0.768. The molecule has 0 atom stereocenters. The summed E-state index contributed by atoms with van der Waals surface area (Å²) in [7, 11) is -0.639. The Morgan fingerprint density at radius 3 is 1.00 bits per heavy atom. The van der Waals surface area contributed by atoms with Crippen LogP contribution < -0.4 is 0 Å². The van der Waals surface area contributed by atoms with E-state index in [9.17, 15) is 0 Å². The van der Waals surface area contributed by atoms with Crippen molar-refractivity contribution in [2.45, 2.75) is 0 Å². The topological polar surface area (TPSA) is 0 Å². The molecule has 0 radical (unpaired) electrons. The molecule has 0 nitrogen and oxygen atoms in total. The summed E-state index contributed by atoms with van der Waals surface area (Å²) < 4.78 is 0. The van der Waals surface area contributed by atoms with Crippen LogP contribution in [0.1, 0.15) is 0 Å². The van der Waals surface area contributed by atoms with E-state index >= 15 is 0 Å². The molecule has 0 aliphatic rings. The third kappa shape index (κ3) is 76.2. The molecule has 0 unspecified atom stereocenters. The fourth-order valence-corrected chi connectivity index (χ4v) is 0. The molecule has 0 spiro atoms. The molecule has 0 heterocycles. The first-order chi connectivity index (χ1) is 1.41. The van der Waals surface area contributed by atoms with Gasteiger partial charge in [0.25, 0.3) is 0 Å². The number of hydrogen-bond donors (Lipinski definition) is 0. The quantitative estimate of drug-likeness (QED) is 0.345. The van der Waals surface area contributed by atoms with Gasteiger partial charge in [0.05, 0.1) is 0 Å². The maximum atomic E-state index is 4.90. The molecule has 0 amide bonds. The molecule has 36 valence electrons. The summed E-state index contributed by atoms with van der Waals surface area (Å²) in [6.45, 7) is 0. The van der Waals surface area contributed by atoms with Crippen LogP contribution in [0.25, 0.3) is 0 Å². The molecule has 0 rings (SSSR count). The Kier molecular flexibility index (Phi) is 78.8. The molecule has 0 saturated heterocycles. The lowest BCUT2D eigenvalue weighted by atomic mass is 19.0. The summed E-state index contributed by atoms with van der Waals surface area (Å²) in [5.74, 6) is 0. The van der Waals surface area contributed by atoms with Gasteiger partial charge in [0.15, 0.2) is 0 Å². The Hall–Kier alpha value is 0.657. The van der Waals surface area contributed by atoms with Gasteiger partial charge in [-0.1, -0.05) is 0 Å². The molecule has 0 aromatic carbocycles. The van der Waals surface area contributed by atoms with Crippen LogP contribution >= 0.6 is 22.2 Å². The van der Waals surface area contributed by atoms with E-state index in [0.717, 1.165) is 0 Å². The van der Waals surface area contributed by atoms with Crippen molar-refractivity contribution < 1.29 is 9.41 Å². The minimum absolute atomic E-state index is 0. The van der Waals surface area contributed by atoms with Gasteiger partial charge in [-0.2, -0.15) is 22.2 Å². The molecule has 0 aromatic heterocycles. The number of halogens is 4. The molecular weight excluding hydrogens is 137 g/mol. The fraction of sp³-hybridized carbons (Fsp3) is 0. The van der Waals surface area contributed by atoms with Crippen LogP contribution in [0.15, 0.2) is 0 Å². The Balaban J connectivity index is -0.0000000200. The van der Waals surface area contributed by atoms with Crippen molar-refractivity contribution in [2.24, 2.45) is 0 Å². The molecule has 5 heteroatoms. The fourth-order valence-electron chi connectivity index (χ4n) is 0. The zero-order chi connectivity index (χ0) is 2.71. The molecule has 0 aromatic rings. The third-order valence-electron chi connectivity index (χ3n) is 0. The van der Waals surface area contributed by atoms with Crippen LogP contribution in [0.2, 0.25) is 0 Å². The van der Waals surface area contributed by atoms with Crippen LogP contribution in [0, 0.1) is 0 Å². The van der Waals surface area contributed by atoms with E-state index in [4.69, 9.17) is 22.2 Å². The van der Waals surface area contributed by atoms with Crippen molar-refractivity contribution in [1.82, 2.24) is 0 Å². The maximum absolute atomic E-state index is 4.90. The maximum Gasteiger partial charge on any atom is 0.222 e. The van der Waals surface area contributed by atoms with Gasteiger partial charge >= 0.3 is 0 Å². The highest BCUT2D eigenvalue weighted by molar-refractivity contribution is 7.22. The van der Waals surface area contributed by atoms with Gasteiger partial charge in [0.2, 0.25) is 8.14 Å². The third-order valence-corrected chi connectivity index (χ3v) is 0. The monoisotopic (exact) mass is 140 g/mol. The zero-order valence-electron chi connectivity index (χ0n) is 2.28. The summed E-state index contributed by atoms with van der Waals surface area (Å²) in [6, 6.07) is 0. The van der Waals surface area contributed by atoms with Gasteiger partial charge in [-0.15, -0.1) is 0 Å². The second kappa shape index (κ2) is 22.7. The van der Waals surface area contributed by atoms with E-state index in [0.29, 0.717) is 0 Å². The van der Waals surface area contributed by atoms with E-state index in [1.165, 1.54) is 0 Å². The number of rotatable bonds is 0. The standard InChI is InChI=1S/Cl2H2Si.2FH/c1-3-2;;/h3H2;2*1H. The summed E-state index contributed by atoms with van der Waals surface area (Å²) in [4.78, 5) is 0. The van der Waals surface area contributed by atoms with Crippen molar-refractivity contribution in [3.05, 3.63) is 0 Å². The van der Waals surface area contributed by atoms with Crippen molar-refractivity contribution in [3.63, 3.8) is 0 Å². The van der Waals surface area contributed by atoms with Crippen LogP contribution in [0.4, 0.5) is 9.41 Å². The van der Waals surface area contributed by atoms with Gasteiger partial charge in [-0.3, -0.25) is 9.41 Å². The first kappa shape index (κ1) is 17.4. The van der Waals surface area contributed by atoms with E-state index in [-0.39, 0.29) is 9.41 Å². The Morgan fingerprint density at radius 2 is 1.00 bits per heavy atom. The van der Waals surface area contributed by atoms with Crippen LogP contribution in [0.3, 0.4) is 0 Å². The Morgan fingerprint density at radius 1 is 1.00 bits per heavy atom. The molecule has 5 heavy (non-hydrogen) atoms. The Bertz CT molecular complexity index is 7.61. The molecule has 0 aliphatic heterocycles. The normalized spacial score (nSPS) is 3.60. The van der Waals surface area contributed by atoms with Gasteiger partial charge in [-0.25, -0.2) is 0 Å². The Labute approximate surface area is 40.4 Å². The largest absolute Gasteiger partial charge is 0.269 e. The molecule has 0 fully saturated rings. The lowest BCUT2D eigenvalue weighted by Crippen LogP contribution is -1.36. The van der Waals surface area contributed by atoms with Gasteiger partial charge < -0.3 is 0 Å². The molecule has 0 aliphatic carbocycles. The lowest BCUT2D eigenvalue weighted by Gasteiger charge is -1.39.